The molecule has 156 valence electrons. The van der Waals surface area contributed by atoms with Crippen molar-refractivity contribution >= 4 is 44.9 Å². The molecule has 30 heavy (non-hydrogen) atoms. The van der Waals surface area contributed by atoms with Crippen molar-refractivity contribution < 1.29 is 22.0 Å². The summed E-state index contributed by atoms with van der Waals surface area (Å²) < 4.78 is 51.7. The first-order valence-corrected chi connectivity index (χ1v) is 11.7. The molecule has 0 radical (unpaired) electrons. The van der Waals surface area contributed by atoms with Gasteiger partial charge in [0.1, 0.15) is 5.82 Å². The van der Waals surface area contributed by atoms with Crippen LogP contribution in [-0.4, -0.2) is 29.9 Å². The lowest BCUT2D eigenvalue weighted by Crippen LogP contribution is -2.21. The van der Waals surface area contributed by atoms with Crippen LogP contribution in [0, 0.1) is 0 Å². The number of hydrogen-bond donors (Lipinski definition) is 1. The third-order valence-corrected chi connectivity index (χ3v) is 7.19. The van der Waals surface area contributed by atoms with Crippen molar-refractivity contribution in [3.05, 3.63) is 70.4 Å². The Balaban J connectivity index is 1.76. The molecule has 0 atom stereocenters. The van der Waals surface area contributed by atoms with Crippen LogP contribution < -0.4 is 5.32 Å². The van der Waals surface area contributed by atoms with E-state index in [1.807, 2.05) is 0 Å². The van der Waals surface area contributed by atoms with Crippen LogP contribution in [0.2, 0.25) is 5.02 Å². The summed E-state index contributed by atoms with van der Waals surface area (Å²) in [5.74, 6) is -2.81. The monoisotopic (exact) mass is 469 g/mol. The standard InChI is InChI=1S/C19H14ClF2N3O3S2/c20-11-5-7-12(8-6-11)25-17(14-9-29-10-15(14)24-25)23-18(26)13-3-1-2-4-16(13)30(27,28)19(21)22/h1-8,19H,9-10H2,(H,23,26). The lowest BCUT2D eigenvalue weighted by atomic mass is 10.2. The zero-order valence-electron chi connectivity index (χ0n) is 15.2. The second-order valence-electron chi connectivity index (χ2n) is 6.41. The summed E-state index contributed by atoms with van der Waals surface area (Å²) in [4.78, 5) is 12.2. The molecule has 1 aromatic heterocycles. The molecule has 4 rings (SSSR count). The summed E-state index contributed by atoms with van der Waals surface area (Å²) in [6.07, 6.45) is 0. The summed E-state index contributed by atoms with van der Waals surface area (Å²) in [5, 5.41) is 7.75. The molecule has 0 unspecified atom stereocenters. The first-order chi connectivity index (χ1) is 14.3. The van der Waals surface area contributed by atoms with Gasteiger partial charge in [-0.25, -0.2) is 13.1 Å². The largest absolute Gasteiger partial charge is 0.341 e. The van der Waals surface area contributed by atoms with Crippen LogP contribution in [0.5, 0.6) is 0 Å². The van der Waals surface area contributed by atoms with Crippen LogP contribution in [-0.2, 0) is 21.3 Å². The number of sulfone groups is 1. The van der Waals surface area contributed by atoms with E-state index in [2.05, 4.69) is 10.4 Å². The zero-order valence-corrected chi connectivity index (χ0v) is 17.6. The molecule has 0 spiro atoms. The zero-order chi connectivity index (χ0) is 21.5. The van der Waals surface area contributed by atoms with E-state index in [9.17, 15) is 22.0 Å². The average molecular weight is 470 g/mol. The molecule has 0 fully saturated rings. The fourth-order valence-corrected chi connectivity index (χ4v) is 5.17. The van der Waals surface area contributed by atoms with E-state index >= 15 is 0 Å². The molecule has 2 aromatic carbocycles. The fourth-order valence-electron chi connectivity index (χ4n) is 3.08. The Kier molecular flexibility index (Phi) is 5.56. The van der Waals surface area contributed by atoms with E-state index in [4.69, 9.17) is 11.6 Å². The number of nitrogens with one attached hydrogen (secondary N) is 1. The smallest absolute Gasteiger partial charge is 0.306 e. The number of halogens is 3. The van der Waals surface area contributed by atoms with Gasteiger partial charge in [0.05, 0.1) is 21.8 Å². The Hall–Kier alpha value is -2.43. The maximum absolute atomic E-state index is 13.1. The minimum atomic E-state index is -4.95. The molecule has 0 saturated heterocycles. The predicted molar refractivity (Wildman–Crippen MR) is 111 cm³/mol. The highest BCUT2D eigenvalue weighted by Gasteiger charge is 2.32. The minimum absolute atomic E-state index is 0.360. The van der Waals surface area contributed by atoms with E-state index in [0.29, 0.717) is 28.0 Å². The Labute approximate surface area is 180 Å². The van der Waals surface area contributed by atoms with Gasteiger partial charge in [0, 0.05) is 22.1 Å². The number of carbonyl (C=O) groups excluding carboxylic acids is 1. The predicted octanol–water partition coefficient (Wildman–Crippen LogP) is 4.52. The molecule has 0 aliphatic carbocycles. The van der Waals surface area contributed by atoms with E-state index in [1.165, 1.54) is 22.9 Å². The fraction of sp³-hybridized carbons (Fsp3) is 0.158. The molecule has 2 heterocycles. The van der Waals surface area contributed by atoms with E-state index < -0.39 is 26.4 Å². The SMILES string of the molecule is O=C(Nc1c2c(nn1-c1ccc(Cl)cc1)CSC2)c1ccccc1S(=O)(=O)C(F)F. The van der Waals surface area contributed by atoms with Crippen molar-refractivity contribution in [2.75, 3.05) is 5.32 Å². The van der Waals surface area contributed by atoms with Gasteiger partial charge in [-0.2, -0.15) is 25.6 Å². The van der Waals surface area contributed by atoms with Gasteiger partial charge in [0.2, 0.25) is 9.84 Å². The Morgan fingerprint density at radius 2 is 1.83 bits per heavy atom. The maximum atomic E-state index is 13.1. The highest BCUT2D eigenvalue weighted by atomic mass is 35.5. The summed E-state index contributed by atoms with van der Waals surface area (Å²) in [5.41, 5.74) is 1.87. The van der Waals surface area contributed by atoms with E-state index in [-0.39, 0.29) is 5.56 Å². The molecule has 11 heteroatoms. The van der Waals surface area contributed by atoms with Gasteiger partial charge in [-0.1, -0.05) is 23.7 Å². The molecule has 1 amide bonds. The highest BCUT2D eigenvalue weighted by Crippen LogP contribution is 2.36. The number of alkyl halides is 2. The van der Waals surface area contributed by atoms with Crippen LogP contribution >= 0.6 is 23.4 Å². The Bertz CT molecular complexity index is 1230. The number of benzene rings is 2. The van der Waals surface area contributed by atoms with Crippen LogP contribution in [0.1, 0.15) is 21.6 Å². The summed E-state index contributed by atoms with van der Waals surface area (Å²) in [7, 11) is -4.95. The number of thioether (sulfide) groups is 1. The quantitative estimate of drug-likeness (QED) is 0.594. The molecule has 1 N–H and O–H groups in total. The van der Waals surface area contributed by atoms with Crippen molar-refractivity contribution in [2.45, 2.75) is 22.2 Å². The van der Waals surface area contributed by atoms with Crippen LogP contribution in [0.4, 0.5) is 14.6 Å². The number of nitrogens with zero attached hydrogens (tertiary/aromatic N) is 2. The number of anilines is 1. The first-order valence-electron chi connectivity index (χ1n) is 8.66. The van der Waals surface area contributed by atoms with Gasteiger partial charge in [0.15, 0.2) is 0 Å². The van der Waals surface area contributed by atoms with Gasteiger partial charge in [-0.15, -0.1) is 0 Å². The molecular weight excluding hydrogens is 456 g/mol. The molecule has 1 aliphatic heterocycles. The number of aromatic nitrogens is 2. The van der Waals surface area contributed by atoms with Crippen LogP contribution in [0.15, 0.2) is 53.4 Å². The van der Waals surface area contributed by atoms with Gasteiger partial charge < -0.3 is 5.32 Å². The van der Waals surface area contributed by atoms with Gasteiger partial charge in [0.25, 0.3) is 5.91 Å². The van der Waals surface area contributed by atoms with Gasteiger partial charge >= 0.3 is 5.76 Å². The van der Waals surface area contributed by atoms with Gasteiger partial charge in [-0.3, -0.25) is 4.79 Å². The molecule has 3 aromatic rings. The lowest BCUT2D eigenvalue weighted by molar-refractivity contribution is 0.102. The Morgan fingerprint density at radius 1 is 1.13 bits per heavy atom. The minimum Gasteiger partial charge on any atom is -0.306 e. The number of rotatable bonds is 5. The van der Waals surface area contributed by atoms with Crippen LogP contribution in [0.25, 0.3) is 5.69 Å². The molecule has 6 nitrogen and oxygen atoms in total. The normalized spacial score (nSPS) is 13.5. The van der Waals surface area contributed by atoms with Crippen molar-refractivity contribution in [3.63, 3.8) is 0 Å². The maximum Gasteiger partial charge on any atom is 0.341 e. The number of fused-ring (bicyclic) bond motifs is 1. The van der Waals surface area contributed by atoms with E-state index in [1.54, 1.807) is 36.0 Å². The summed E-state index contributed by atoms with van der Waals surface area (Å²) in [6, 6.07) is 11.7. The van der Waals surface area contributed by atoms with Crippen molar-refractivity contribution in [1.29, 1.82) is 0 Å². The van der Waals surface area contributed by atoms with Crippen molar-refractivity contribution in [1.82, 2.24) is 9.78 Å². The highest BCUT2D eigenvalue weighted by molar-refractivity contribution is 7.98. The second kappa shape index (κ2) is 8.01. The number of hydrogen-bond acceptors (Lipinski definition) is 5. The third-order valence-electron chi connectivity index (χ3n) is 4.53. The number of carbonyl (C=O) groups is 1. The van der Waals surface area contributed by atoms with Crippen molar-refractivity contribution in [3.8, 4) is 5.69 Å². The lowest BCUT2D eigenvalue weighted by Gasteiger charge is -2.13. The third kappa shape index (κ3) is 3.70. The van der Waals surface area contributed by atoms with Crippen LogP contribution in [0.3, 0.4) is 0 Å². The average Bonchev–Trinajstić information content (AvgIpc) is 3.31. The molecule has 0 saturated carbocycles. The summed E-state index contributed by atoms with van der Waals surface area (Å²) in [6.45, 7) is 0. The topological polar surface area (TPSA) is 81.1 Å². The van der Waals surface area contributed by atoms with Gasteiger partial charge in [-0.05, 0) is 36.4 Å². The molecule has 1 aliphatic rings. The summed E-state index contributed by atoms with van der Waals surface area (Å²) >= 11 is 7.56. The number of amides is 1. The Morgan fingerprint density at radius 3 is 2.53 bits per heavy atom. The van der Waals surface area contributed by atoms with Crippen molar-refractivity contribution in [2.24, 2.45) is 0 Å². The molecule has 0 bridgehead atoms. The van der Waals surface area contributed by atoms with E-state index in [0.717, 1.165) is 17.3 Å². The first kappa shape index (κ1) is 20.8. The second-order valence-corrected chi connectivity index (χ2v) is 9.72. The molecular formula is C19H14ClF2N3O3S2.